The zero-order chi connectivity index (χ0) is 19.4. The number of imidazole rings is 1. The summed E-state index contributed by atoms with van der Waals surface area (Å²) in [5.41, 5.74) is 0.959. The largest absolute Gasteiger partial charge is 0.481 e. The molecule has 0 radical (unpaired) electrons. The highest BCUT2D eigenvalue weighted by Gasteiger charge is 2.37. The molecule has 1 fully saturated rings. The van der Waals surface area contributed by atoms with E-state index in [9.17, 15) is 14.4 Å². The molecule has 0 spiro atoms. The highest BCUT2D eigenvalue weighted by atomic mass is 35.5. The lowest BCUT2D eigenvalue weighted by molar-refractivity contribution is -0.137. The molecule has 9 heteroatoms. The van der Waals surface area contributed by atoms with Crippen molar-refractivity contribution in [3.63, 3.8) is 0 Å². The van der Waals surface area contributed by atoms with Crippen molar-refractivity contribution in [1.29, 1.82) is 0 Å². The topological polar surface area (TPSA) is 124 Å². The number of carboxylic acid groups (broad SMARTS) is 1. The van der Waals surface area contributed by atoms with Gasteiger partial charge in [-0.25, -0.2) is 4.98 Å². The molecule has 1 atom stereocenters. The Morgan fingerprint density at radius 3 is 2.78 bits per heavy atom. The molecule has 2 heterocycles. The standard InChI is InChI=1S/C18H21ClN4O4/c19-11-1-2-12-13(9-11)22-14(21-12)10-20-15(24)3-6-18(8-5-17(26)27)7-4-16(25)23-18/h1-2,9H,3-8,10H2,(H,20,24)(H,21,22)(H,23,25)(H,26,27)/t18-/m0/s1. The zero-order valence-electron chi connectivity index (χ0n) is 14.7. The van der Waals surface area contributed by atoms with Crippen LogP contribution in [0.5, 0.6) is 0 Å². The summed E-state index contributed by atoms with van der Waals surface area (Å²) in [5.74, 6) is -0.564. The molecule has 0 saturated carbocycles. The number of benzene rings is 1. The van der Waals surface area contributed by atoms with Gasteiger partial charge in [0.2, 0.25) is 11.8 Å². The van der Waals surface area contributed by atoms with Crippen molar-refractivity contribution in [3.8, 4) is 0 Å². The number of carboxylic acids is 1. The first-order chi connectivity index (χ1) is 12.8. The predicted molar refractivity (Wildman–Crippen MR) is 99.2 cm³/mol. The van der Waals surface area contributed by atoms with E-state index in [1.807, 2.05) is 0 Å². The number of halogens is 1. The Bertz CT molecular complexity index is 881. The summed E-state index contributed by atoms with van der Waals surface area (Å²) in [6, 6.07) is 5.32. The number of aromatic nitrogens is 2. The van der Waals surface area contributed by atoms with Gasteiger partial charge >= 0.3 is 5.97 Å². The van der Waals surface area contributed by atoms with Crippen molar-refractivity contribution in [2.75, 3.05) is 0 Å². The van der Waals surface area contributed by atoms with Gasteiger partial charge in [0.15, 0.2) is 0 Å². The van der Waals surface area contributed by atoms with Crippen LogP contribution in [0.15, 0.2) is 18.2 Å². The van der Waals surface area contributed by atoms with Crippen molar-refractivity contribution in [1.82, 2.24) is 20.6 Å². The molecule has 0 aliphatic carbocycles. The third-order valence-corrected chi connectivity index (χ3v) is 5.06. The second-order valence-corrected chi connectivity index (χ2v) is 7.28. The minimum Gasteiger partial charge on any atom is -0.481 e. The van der Waals surface area contributed by atoms with E-state index < -0.39 is 11.5 Å². The number of amides is 2. The monoisotopic (exact) mass is 392 g/mol. The SMILES string of the molecule is O=C(O)CC[C@]1(CCC(=O)NCc2nc3ccc(Cl)cc3[nH]2)CCC(=O)N1. The van der Waals surface area contributed by atoms with Crippen molar-refractivity contribution in [2.45, 2.75) is 50.6 Å². The fourth-order valence-corrected chi connectivity index (χ4v) is 3.53. The van der Waals surface area contributed by atoms with E-state index >= 15 is 0 Å². The molecule has 144 valence electrons. The summed E-state index contributed by atoms with van der Waals surface area (Å²) in [7, 11) is 0. The molecule has 2 aromatic rings. The molecule has 4 N–H and O–H groups in total. The number of hydrogen-bond donors (Lipinski definition) is 4. The number of hydrogen-bond acceptors (Lipinski definition) is 4. The summed E-state index contributed by atoms with van der Waals surface area (Å²) in [6.07, 6.45) is 1.81. The molecule has 0 unspecified atom stereocenters. The Hall–Kier alpha value is -2.61. The molecular formula is C18H21ClN4O4. The Kier molecular flexibility index (Phi) is 5.65. The van der Waals surface area contributed by atoms with Crippen molar-refractivity contribution < 1.29 is 19.5 Å². The maximum absolute atomic E-state index is 12.2. The molecule has 1 saturated heterocycles. The van der Waals surface area contributed by atoms with Crippen molar-refractivity contribution >= 4 is 40.4 Å². The second-order valence-electron chi connectivity index (χ2n) is 6.84. The molecule has 1 aliphatic rings. The summed E-state index contributed by atoms with van der Waals surface area (Å²) in [5, 5.41) is 15.2. The van der Waals surface area contributed by atoms with Crippen LogP contribution in [0.3, 0.4) is 0 Å². The molecule has 0 bridgehead atoms. The predicted octanol–water partition coefficient (Wildman–Crippen LogP) is 2.13. The number of rotatable bonds is 8. The van der Waals surface area contributed by atoms with E-state index in [4.69, 9.17) is 16.7 Å². The molecule has 1 aromatic heterocycles. The summed E-state index contributed by atoms with van der Waals surface area (Å²) >= 11 is 5.94. The number of nitrogens with one attached hydrogen (secondary N) is 3. The zero-order valence-corrected chi connectivity index (χ0v) is 15.4. The van der Waals surface area contributed by atoms with Gasteiger partial charge in [-0.2, -0.15) is 0 Å². The summed E-state index contributed by atoms with van der Waals surface area (Å²) in [4.78, 5) is 42.1. The normalized spacial score (nSPS) is 19.2. The lowest BCUT2D eigenvalue weighted by Gasteiger charge is -2.28. The summed E-state index contributed by atoms with van der Waals surface area (Å²) < 4.78 is 0. The number of aromatic amines is 1. The number of carbonyl (C=O) groups excluding carboxylic acids is 2. The number of carbonyl (C=O) groups is 3. The van der Waals surface area contributed by atoms with Gasteiger partial charge in [-0.3, -0.25) is 14.4 Å². The molecule has 3 rings (SSSR count). The van der Waals surface area contributed by atoms with E-state index in [0.29, 0.717) is 36.5 Å². The van der Waals surface area contributed by atoms with Crippen LogP contribution in [0, 0.1) is 0 Å². The minimum atomic E-state index is -0.912. The van der Waals surface area contributed by atoms with Crippen LogP contribution >= 0.6 is 11.6 Å². The van der Waals surface area contributed by atoms with Gasteiger partial charge in [0.1, 0.15) is 5.82 Å². The van der Waals surface area contributed by atoms with Crippen LogP contribution in [-0.2, 0) is 20.9 Å². The van der Waals surface area contributed by atoms with Crippen LogP contribution in [-0.4, -0.2) is 38.4 Å². The maximum atomic E-state index is 12.2. The van der Waals surface area contributed by atoms with Crippen molar-refractivity contribution in [2.24, 2.45) is 0 Å². The Morgan fingerprint density at radius 2 is 2.07 bits per heavy atom. The Morgan fingerprint density at radius 1 is 1.30 bits per heavy atom. The molecule has 1 aliphatic heterocycles. The number of aliphatic carboxylic acids is 1. The fourth-order valence-electron chi connectivity index (χ4n) is 3.36. The molecular weight excluding hydrogens is 372 g/mol. The van der Waals surface area contributed by atoms with Gasteiger partial charge in [-0.05, 0) is 37.5 Å². The third kappa shape index (κ3) is 4.97. The quantitative estimate of drug-likeness (QED) is 0.547. The second kappa shape index (κ2) is 7.96. The number of nitrogens with zero attached hydrogens (tertiary/aromatic N) is 1. The van der Waals surface area contributed by atoms with Gasteiger partial charge < -0.3 is 20.7 Å². The molecule has 2 amide bonds. The lowest BCUT2D eigenvalue weighted by Crippen LogP contribution is -2.43. The number of fused-ring (bicyclic) bond motifs is 1. The van der Waals surface area contributed by atoms with Gasteiger partial charge in [0, 0.05) is 29.8 Å². The van der Waals surface area contributed by atoms with Gasteiger partial charge in [-0.1, -0.05) is 11.6 Å². The summed E-state index contributed by atoms with van der Waals surface area (Å²) in [6.45, 7) is 0.250. The van der Waals surface area contributed by atoms with E-state index in [0.717, 1.165) is 11.0 Å². The Balaban J connectivity index is 1.53. The van der Waals surface area contributed by atoms with E-state index in [2.05, 4.69) is 20.6 Å². The van der Waals surface area contributed by atoms with Crippen molar-refractivity contribution in [3.05, 3.63) is 29.0 Å². The van der Waals surface area contributed by atoms with E-state index in [1.54, 1.807) is 18.2 Å². The molecule has 1 aromatic carbocycles. The van der Waals surface area contributed by atoms with Crippen LogP contribution in [0.25, 0.3) is 11.0 Å². The number of H-pyrrole nitrogens is 1. The van der Waals surface area contributed by atoms with Crippen LogP contribution in [0.4, 0.5) is 0 Å². The van der Waals surface area contributed by atoms with Gasteiger partial charge in [-0.15, -0.1) is 0 Å². The van der Waals surface area contributed by atoms with E-state index in [1.165, 1.54) is 0 Å². The average molecular weight is 393 g/mol. The molecule has 27 heavy (non-hydrogen) atoms. The highest BCUT2D eigenvalue weighted by Crippen LogP contribution is 2.30. The fraction of sp³-hybridized carbons (Fsp3) is 0.444. The third-order valence-electron chi connectivity index (χ3n) is 4.83. The first kappa shape index (κ1) is 19.2. The Labute approximate surface area is 160 Å². The van der Waals surface area contributed by atoms with Crippen LogP contribution in [0.2, 0.25) is 5.02 Å². The minimum absolute atomic E-state index is 0.0383. The smallest absolute Gasteiger partial charge is 0.303 e. The van der Waals surface area contributed by atoms with Gasteiger partial charge in [0.05, 0.1) is 17.6 Å². The van der Waals surface area contributed by atoms with Crippen LogP contribution < -0.4 is 10.6 Å². The first-order valence-electron chi connectivity index (χ1n) is 8.79. The molecule has 8 nitrogen and oxygen atoms in total. The van der Waals surface area contributed by atoms with Gasteiger partial charge in [0.25, 0.3) is 0 Å². The van der Waals surface area contributed by atoms with E-state index in [-0.39, 0.29) is 31.2 Å². The first-order valence-corrected chi connectivity index (χ1v) is 9.17. The highest BCUT2D eigenvalue weighted by molar-refractivity contribution is 6.31. The maximum Gasteiger partial charge on any atom is 0.303 e. The average Bonchev–Trinajstić information content (AvgIpc) is 3.19. The lowest BCUT2D eigenvalue weighted by atomic mass is 9.86. The van der Waals surface area contributed by atoms with Crippen LogP contribution in [0.1, 0.15) is 44.3 Å².